The van der Waals surface area contributed by atoms with E-state index in [0.717, 1.165) is 50.9 Å². The van der Waals surface area contributed by atoms with Gasteiger partial charge in [0.15, 0.2) is 0 Å². The van der Waals surface area contributed by atoms with Gasteiger partial charge in [0.25, 0.3) is 5.91 Å². The van der Waals surface area contributed by atoms with Crippen molar-refractivity contribution >= 4 is 11.6 Å². The number of nitrogens with one attached hydrogen (secondary N) is 1. The van der Waals surface area contributed by atoms with E-state index in [0.29, 0.717) is 47.5 Å². The number of nitrogens with two attached hydrogens (primary N) is 1. The Balaban J connectivity index is 1.28. The van der Waals surface area contributed by atoms with Crippen LogP contribution < -0.4 is 20.8 Å². The second kappa shape index (κ2) is 13.3. The number of ether oxygens (including phenoxy) is 2. The summed E-state index contributed by atoms with van der Waals surface area (Å²) in [6.45, 7) is 8.27. The molecule has 4 rings (SSSR count). The van der Waals surface area contributed by atoms with E-state index in [2.05, 4.69) is 27.6 Å². The lowest BCUT2D eigenvalue weighted by molar-refractivity contribution is -0.274. The van der Waals surface area contributed by atoms with Gasteiger partial charge in [0.05, 0.1) is 18.4 Å². The third-order valence-corrected chi connectivity index (χ3v) is 8.13. The summed E-state index contributed by atoms with van der Waals surface area (Å²) >= 11 is 0. The molecule has 1 aliphatic carbocycles. The van der Waals surface area contributed by atoms with Crippen LogP contribution in [0.1, 0.15) is 45.4 Å². The molecule has 10 heteroatoms. The van der Waals surface area contributed by atoms with Crippen molar-refractivity contribution in [2.75, 3.05) is 31.6 Å². The van der Waals surface area contributed by atoms with Crippen LogP contribution >= 0.6 is 0 Å². The van der Waals surface area contributed by atoms with Crippen LogP contribution in [0.25, 0.3) is 0 Å². The predicted molar refractivity (Wildman–Crippen MR) is 153 cm³/mol. The molecule has 2 aliphatic heterocycles. The molecule has 1 fully saturated rings. The molecular formula is C31H39F3N4O3. The average Bonchev–Trinajstić information content (AvgIpc) is 2.97. The van der Waals surface area contributed by atoms with Crippen molar-refractivity contribution in [2.24, 2.45) is 17.7 Å². The number of anilines is 1. The summed E-state index contributed by atoms with van der Waals surface area (Å²) in [5, 5.41) is 4.44. The number of allylic oxidation sites excluding steroid dienone is 4. The van der Waals surface area contributed by atoms with Gasteiger partial charge in [-0.25, -0.2) is 10.9 Å². The van der Waals surface area contributed by atoms with Crippen molar-refractivity contribution < 1.29 is 27.4 Å². The van der Waals surface area contributed by atoms with Gasteiger partial charge in [0.2, 0.25) is 5.88 Å². The smallest absolute Gasteiger partial charge is 0.481 e. The molecule has 1 saturated heterocycles. The SMILES string of the molecule is C=C(CC)/C(C(=O)NCC1=CCC(C2CCN(c3ccc(OC(F)(F)F)cc3)CC2)CC1)=C1/C=CC=C(OC)N1N. The first kappa shape index (κ1) is 30.3. The van der Waals surface area contributed by atoms with Gasteiger partial charge in [-0.05, 0) is 92.4 Å². The topological polar surface area (TPSA) is 80.1 Å². The fourth-order valence-corrected chi connectivity index (χ4v) is 5.77. The van der Waals surface area contributed by atoms with Crippen LogP contribution in [0.2, 0.25) is 0 Å². The number of methoxy groups -OCH3 is 1. The number of carbonyl (C=O) groups is 1. The molecule has 1 atom stereocenters. The zero-order chi connectivity index (χ0) is 29.6. The van der Waals surface area contributed by atoms with E-state index in [1.165, 1.54) is 29.8 Å². The second-order valence-electron chi connectivity index (χ2n) is 10.6. The molecule has 0 aromatic heterocycles. The van der Waals surface area contributed by atoms with Gasteiger partial charge < -0.3 is 19.7 Å². The number of hydrogen-bond acceptors (Lipinski definition) is 6. The van der Waals surface area contributed by atoms with E-state index >= 15 is 0 Å². The maximum Gasteiger partial charge on any atom is 0.573 e. The quantitative estimate of drug-likeness (QED) is 0.212. The molecule has 1 unspecified atom stereocenters. The van der Waals surface area contributed by atoms with E-state index in [4.69, 9.17) is 10.6 Å². The Kier molecular flexibility index (Phi) is 9.86. The summed E-state index contributed by atoms with van der Waals surface area (Å²) in [4.78, 5) is 15.5. The molecule has 222 valence electrons. The minimum Gasteiger partial charge on any atom is -0.481 e. The summed E-state index contributed by atoms with van der Waals surface area (Å²) in [6, 6.07) is 6.10. The Labute approximate surface area is 239 Å². The first-order valence-corrected chi connectivity index (χ1v) is 14.1. The number of carbonyl (C=O) groups excluding carboxylic acids is 1. The standard InChI is InChI=1S/C31H39F3N4O3/c1-4-21(2)29(27-6-5-7-28(40-3)38(27)35)30(39)36-20-22-8-10-23(11-9-22)24-16-18-37(19-17-24)25-12-14-26(15-13-25)41-31(32,33)34/h5-8,12-15,23-24H,2,4,9-11,16-20,35H2,1,3H3,(H,36,39)/b29-27+. The number of alkyl halides is 3. The Bertz CT molecular complexity index is 1230. The van der Waals surface area contributed by atoms with Crippen molar-refractivity contribution in [1.82, 2.24) is 10.3 Å². The summed E-state index contributed by atoms with van der Waals surface area (Å²) < 4.78 is 46.6. The highest BCUT2D eigenvalue weighted by molar-refractivity contribution is 5.99. The number of rotatable bonds is 9. The number of piperidine rings is 1. The van der Waals surface area contributed by atoms with Crippen LogP contribution in [0.3, 0.4) is 0 Å². The summed E-state index contributed by atoms with van der Waals surface area (Å²) in [7, 11) is 1.53. The van der Waals surface area contributed by atoms with E-state index in [-0.39, 0.29) is 11.7 Å². The second-order valence-corrected chi connectivity index (χ2v) is 10.6. The molecule has 3 N–H and O–H groups in total. The molecule has 0 bridgehead atoms. The minimum atomic E-state index is -4.68. The molecule has 7 nitrogen and oxygen atoms in total. The predicted octanol–water partition coefficient (Wildman–Crippen LogP) is 6.10. The zero-order valence-corrected chi connectivity index (χ0v) is 23.7. The van der Waals surface area contributed by atoms with Crippen LogP contribution in [0.4, 0.5) is 18.9 Å². The molecule has 2 heterocycles. The van der Waals surface area contributed by atoms with Crippen molar-refractivity contribution in [3.05, 3.63) is 83.4 Å². The largest absolute Gasteiger partial charge is 0.573 e. The summed E-state index contributed by atoms with van der Waals surface area (Å²) in [6.07, 6.45) is 8.59. The summed E-state index contributed by atoms with van der Waals surface area (Å²) in [5.41, 5.74) is 3.84. The molecule has 0 radical (unpaired) electrons. The molecule has 1 aromatic rings. The molecule has 0 spiro atoms. The van der Waals surface area contributed by atoms with Gasteiger partial charge in [0.1, 0.15) is 5.75 Å². The van der Waals surface area contributed by atoms with E-state index in [1.807, 2.05) is 6.92 Å². The highest BCUT2D eigenvalue weighted by atomic mass is 19.4. The van der Waals surface area contributed by atoms with Gasteiger partial charge >= 0.3 is 6.36 Å². The Morgan fingerprint density at radius 3 is 2.44 bits per heavy atom. The number of hydrazine groups is 1. The highest BCUT2D eigenvalue weighted by Crippen LogP contribution is 2.36. The molecule has 1 aromatic carbocycles. The van der Waals surface area contributed by atoms with Gasteiger partial charge in [-0.2, -0.15) is 0 Å². The number of halogens is 3. The lowest BCUT2D eigenvalue weighted by atomic mass is 9.76. The van der Waals surface area contributed by atoms with Crippen LogP contribution in [0, 0.1) is 11.8 Å². The monoisotopic (exact) mass is 572 g/mol. The lowest BCUT2D eigenvalue weighted by Gasteiger charge is -2.38. The molecule has 41 heavy (non-hydrogen) atoms. The van der Waals surface area contributed by atoms with Gasteiger partial charge in [-0.15, -0.1) is 13.2 Å². The first-order valence-electron chi connectivity index (χ1n) is 14.1. The molecule has 3 aliphatic rings. The van der Waals surface area contributed by atoms with Crippen LogP contribution in [-0.2, 0) is 9.53 Å². The van der Waals surface area contributed by atoms with Crippen LogP contribution in [0.15, 0.2) is 83.4 Å². The van der Waals surface area contributed by atoms with E-state index in [9.17, 15) is 18.0 Å². The Morgan fingerprint density at radius 1 is 1.15 bits per heavy atom. The van der Waals surface area contributed by atoms with Crippen molar-refractivity contribution in [3.63, 3.8) is 0 Å². The number of amides is 1. The van der Waals surface area contributed by atoms with Crippen molar-refractivity contribution in [3.8, 4) is 5.75 Å². The van der Waals surface area contributed by atoms with Gasteiger partial charge in [-0.3, -0.25) is 4.79 Å². The first-order chi connectivity index (χ1) is 19.6. The van der Waals surface area contributed by atoms with Crippen molar-refractivity contribution in [2.45, 2.75) is 51.8 Å². The van der Waals surface area contributed by atoms with E-state index in [1.54, 1.807) is 30.4 Å². The van der Waals surface area contributed by atoms with Crippen LogP contribution in [-0.4, -0.2) is 44.0 Å². The fraction of sp³-hybridized carbons (Fsp3) is 0.452. The third kappa shape index (κ3) is 7.75. The molecule has 0 saturated carbocycles. The van der Waals surface area contributed by atoms with Crippen molar-refractivity contribution in [1.29, 1.82) is 0 Å². The summed E-state index contributed by atoms with van der Waals surface area (Å²) in [5.74, 6) is 7.43. The molecule has 1 amide bonds. The van der Waals surface area contributed by atoms with E-state index < -0.39 is 6.36 Å². The maximum atomic E-state index is 13.3. The maximum absolute atomic E-state index is 13.3. The number of benzene rings is 1. The fourth-order valence-electron chi connectivity index (χ4n) is 5.77. The van der Waals surface area contributed by atoms with Gasteiger partial charge in [0, 0.05) is 25.3 Å². The lowest BCUT2D eigenvalue weighted by Crippen LogP contribution is -2.37. The molecular weight excluding hydrogens is 533 g/mol. The van der Waals surface area contributed by atoms with Gasteiger partial charge in [-0.1, -0.05) is 31.2 Å². The number of hydrogen-bond donors (Lipinski definition) is 2. The average molecular weight is 573 g/mol. The Morgan fingerprint density at radius 2 is 1.85 bits per heavy atom. The zero-order valence-electron chi connectivity index (χ0n) is 23.7. The number of nitrogens with zero attached hydrogens (tertiary/aromatic N) is 2. The van der Waals surface area contributed by atoms with Crippen LogP contribution in [0.5, 0.6) is 5.75 Å². The Hall–Kier alpha value is -3.66. The highest BCUT2D eigenvalue weighted by Gasteiger charge is 2.32. The normalized spacial score (nSPS) is 21.2. The third-order valence-electron chi connectivity index (χ3n) is 8.13. The minimum absolute atomic E-state index is 0.204.